The van der Waals surface area contributed by atoms with Gasteiger partial charge in [-0.25, -0.2) is 9.67 Å². The van der Waals surface area contributed by atoms with Gasteiger partial charge in [0.15, 0.2) is 5.82 Å². The number of carbonyl (C=O) groups is 1. The molecule has 2 N–H and O–H groups in total. The maximum atomic E-state index is 11.4. The molecule has 5 heteroatoms. The van der Waals surface area contributed by atoms with Crippen molar-refractivity contribution in [3.63, 3.8) is 0 Å². The third kappa shape index (κ3) is 1.67. The van der Waals surface area contributed by atoms with Crippen LogP contribution in [0.4, 0.5) is 0 Å². The second kappa shape index (κ2) is 3.77. The number of rotatable bonds is 2. The predicted octanol–water partition coefficient (Wildman–Crippen LogP) is 0.983. The van der Waals surface area contributed by atoms with Crippen LogP contribution in [-0.2, 0) is 0 Å². The number of nitrogens with two attached hydrogens (primary N) is 1. The fourth-order valence-corrected chi connectivity index (χ4v) is 1.56. The average molecular weight is 216 g/mol. The van der Waals surface area contributed by atoms with Crippen LogP contribution in [0.15, 0.2) is 24.5 Å². The van der Waals surface area contributed by atoms with Gasteiger partial charge >= 0.3 is 0 Å². The normalized spacial score (nSPS) is 10.4. The topological polar surface area (TPSA) is 73.8 Å². The zero-order valence-corrected chi connectivity index (χ0v) is 9.14. The standard InChI is InChI=1S/C11H12N4O/c1-7-3-5-13-11(9(7)10(12)16)15-6-4-8(2)14-15/h3-6H,1-2H3,(H2,12,16). The molecule has 0 aliphatic rings. The van der Waals surface area contributed by atoms with Crippen LogP contribution in [0.25, 0.3) is 5.82 Å². The van der Waals surface area contributed by atoms with Crippen molar-refractivity contribution in [1.82, 2.24) is 14.8 Å². The van der Waals surface area contributed by atoms with Gasteiger partial charge in [0, 0.05) is 12.4 Å². The van der Waals surface area contributed by atoms with Gasteiger partial charge in [0.25, 0.3) is 5.91 Å². The molecule has 2 heterocycles. The molecule has 0 fully saturated rings. The Morgan fingerprint density at radius 2 is 2.12 bits per heavy atom. The van der Waals surface area contributed by atoms with E-state index in [-0.39, 0.29) is 0 Å². The molecule has 82 valence electrons. The zero-order chi connectivity index (χ0) is 11.7. The number of aryl methyl sites for hydroxylation is 2. The highest BCUT2D eigenvalue weighted by Crippen LogP contribution is 2.14. The molecule has 2 rings (SSSR count). The van der Waals surface area contributed by atoms with Crippen LogP contribution in [0.5, 0.6) is 0 Å². The van der Waals surface area contributed by atoms with Gasteiger partial charge in [-0.1, -0.05) is 0 Å². The molecule has 0 spiro atoms. The van der Waals surface area contributed by atoms with E-state index in [9.17, 15) is 4.79 Å². The van der Waals surface area contributed by atoms with Gasteiger partial charge in [-0.2, -0.15) is 5.10 Å². The van der Waals surface area contributed by atoms with E-state index in [1.165, 1.54) is 0 Å². The van der Waals surface area contributed by atoms with E-state index in [2.05, 4.69) is 10.1 Å². The molecule has 0 unspecified atom stereocenters. The fourth-order valence-electron chi connectivity index (χ4n) is 1.56. The molecule has 0 radical (unpaired) electrons. The summed E-state index contributed by atoms with van der Waals surface area (Å²) in [6.45, 7) is 3.69. The summed E-state index contributed by atoms with van der Waals surface area (Å²) in [5, 5.41) is 4.21. The summed E-state index contributed by atoms with van der Waals surface area (Å²) in [5.41, 5.74) is 7.40. The monoisotopic (exact) mass is 216 g/mol. The number of aromatic nitrogens is 3. The van der Waals surface area contributed by atoms with E-state index in [0.29, 0.717) is 11.4 Å². The van der Waals surface area contributed by atoms with Crippen molar-refractivity contribution in [1.29, 1.82) is 0 Å². The number of amides is 1. The number of primary amides is 1. The second-order valence-corrected chi connectivity index (χ2v) is 3.59. The molecular weight excluding hydrogens is 204 g/mol. The molecule has 0 atom stereocenters. The quantitative estimate of drug-likeness (QED) is 0.813. The lowest BCUT2D eigenvalue weighted by Crippen LogP contribution is -2.17. The number of hydrogen-bond acceptors (Lipinski definition) is 3. The van der Waals surface area contributed by atoms with Crippen LogP contribution in [0.3, 0.4) is 0 Å². The molecule has 1 amide bonds. The van der Waals surface area contributed by atoms with Crippen molar-refractivity contribution in [3.8, 4) is 5.82 Å². The minimum Gasteiger partial charge on any atom is -0.365 e. The van der Waals surface area contributed by atoms with Crippen molar-refractivity contribution in [2.75, 3.05) is 0 Å². The Morgan fingerprint density at radius 3 is 2.69 bits per heavy atom. The van der Waals surface area contributed by atoms with Gasteiger partial charge in [0.05, 0.1) is 11.3 Å². The van der Waals surface area contributed by atoms with Crippen molar-refractivity contribution in [2.45, 2.75) is 13.8 Å². The third-order valence-corrected chi connectivity index (χ3v) is 2.33. The van der Waals surface area contributed by atoms with E-state index in [1.54, 1.807) is 23.1 Å². The summed E-state index contributed by atoms with van der Waals surface area (Å²) in [6.07, 6.45) is 3.39. The van der Waals surface area contributed by atoms with Gasteiger partial charge in [-0.15, -0.1) is 0 Å². The summed E-state index contributed by atoms with van der Waals surface area (Å²) in [6, 6.07) is 3.59. The third-order valence-electron chi connectivity index (χ3n) is 2.33. The van der Waals surface area contributed by atoms with Crippen LogP contribution >= 0.6 is 0 Å². The van der Waals surface area contributed by atoms with Crippen LogP contribution in [0.2, 0.25) is 0 Å². The SMILES string of the molecule is Cc1ccn(-c2nccc(C)c2C(N)=O)n1. The first kappa shape index (κ1) is 10.4. The Kier molecular flexibility index (Phi) is 2.44. The Labute approximate surface area is 92.9 Å². The number of nitrogens with zero attached hydrogens (tertiary/aromatic N) is 3. The van der Waals surface area contributed by atoms with Crippen LogP contribution in [0.1, 0.15) is 21.6 Å². The molecule has 0 aromatic carbocycles. The Bertz CT molecular complexity index is 545. The molecule has 0 aliphatic heterocycles. The van der Waals surface area contributed by atoms with E-state index < -0.39 is 5.91 Å². The molecule has 16 heavy (non-hydrogen) atoms. The lowest BCUT2D eigenvalue weighted by molar-refractivity contribution is 0.0999. The van der Waals surface area contributed by atoms with E-state index >= 15 is 0 Å². The number of pyridine rings is 1. The molecule has 0 saturated heterocycles. The largest absolute Gasteiger partial charge is 0.365 e. The van der Waals surface area contributed by atoms with Gasteiger partial charge in [0.1, 0.15) is 0 Å². The van der Waals surface area contributed by atoms with E-state index in [0.717, 1.165) is 11.3 Å². The molecular formula is C11H12N4O. The Hall–Kier alpha value is -2.17. The first-order valence-corrected chi connectivity index (χ1v) is 4.87. The second-order valence-electron chi connectivity index (χ2n) is 3.59. The van der Waals surface area contributed by atoms with Crippen molar-refractivity contribution < 1.29 is 4.79 Å². The first-order valence-electron chi connectivity index (χ1n) is 4.87. The Morgan fingerprint density at radius 1 is 1.38 bits per heavy atom. The molecule has 2 aromatic rings. The minimum absolute atomic E-state index is 0.408. The van der Waals surface area contributed by atoms with Gasteiger partial charge < -0.3 is 5.73 Å². The van der Waals surface area contributed by atoms with Crippen LogP contribution < -0.4 is 5.73 Å². The predicted molar refractivity (Wildman–Crippen MR) is 59.4 cm³/mol. The number of hydrogen-bond donors (Lipinski definition) is 1. The van der Waals surface area contributed by atoms with Crippen molar-refractivity contribution in [2.24, 2.45) is 5.73 Å². The number of carbonyl (C=O) groups excluding carboxylic acids is 1. The fraction of sp³-hybridized carbons (Fsp3) is 0.182. The van der Waals surface area contributed by atoms with Crippen molar-refractivity contribution >= 4 is 5.91 Å². The maximum absolute atomic E-state index is 11.4. The van der Waals surface area contributed by atoms with Crippen molar-refractivity contribution in [3.05, 3.63) is 41.3 Å². The minimum atomic E-state index is -0.492. The van der Waals surface area contributed by atoms with Gasteiger partial charge in [0.2, 0.25) is 0 Å². The summed E-state index contributed by atoms with van der Waals surface area (Å²) in [5.74, 6) is -0.0191. The summed E-state index contributed by atoms with van der Waals surface area (Å²) in [4.78, 5) is 15.5. The summed E-state index contributed by atoms with van der Waals surface area (Å²) < 4.78 is 1.56. The summed E-state index contributed by atoms with van der Waals surface area (Å²) in [7, 11) is 0. The van der Waals surface area contributed by atoms with Crippen LogP contribution in [0, 0.1) is 13.8 Å². The molecule has 0 aliphatic carbocycles. The smallest absolute Gasteiger partial charge is 0.252 e. The van der Waals surface area contributed by atoms with Gasteiger partial charge in [-0.05, 0) is 31.5 Å². The highest BCUT2D eigenvalue weighted by Gasteiger charge is 2.14. The lowest BCUT2D eigenvalue weighted by Gasteiger charge is -2.07. The first-order chi connectivity index (χ1) is 7.59. The zero-order valence-electron chi connectivity index (χ0n) is 9.14. The molecule has 0 bridgehead atoms. The summed E-state index contributed by atoms with van der Waals surface area (Å²) >= 11 is 0. The highest BCUT2D eigenvalue weighted by atomic mass is 16.1. The van der Waals surface area contributed by atoms with Crippen LogP contribution in [-0.4, -0.2) is 20.7 Å². The Balaban J connectivity index is 2.65. The molecule has 2 aromatic heterocycles. The van der Waals surface area contributed by atoms with E-state index in [1.807, 2.05) is 19.9 Å². The highest BCUT2D eigenvalue weighted by molar-refractivity contribution is 5.97. The van der Waals surface area contributed by atoms with Gasteiger partial charge in [-0.3, -0.25) is 4.79 Å². The lowest BCUT2D eigenvalue weighted by atomic mass is 10.1. The molecule has 0 saturated carbocycles. The van der Waals surface area contributed by atoms with E-state index in [4.69, 9.17) is 5.73 Å². The molecule has 5 nitrogen and oxygen atoms in total. The maximum Gasteiger partial charge on any atom is 0.252 e. The average Bonchev–Trinajstić information content (AvgIpc) is 2.63.